The summed E-state index contributed by atoms with van der Waals surface area (Å²) in [5.41, 5.74) is 2.03. The Bertz CT molecular complexity index is 1110. The lowest BCUT2D eigenvalue weighted by Crippen LogP contribution is -2.32. The summed E-state index contributed by atoms with van der Waals surface area (Å²) in [4.78, 5) is 26.3. The largest absolute Gasteiger partial charge is 0.506 e. The molecule has 8 nitrogen and oxygen atoms in total. The first-order chi connectivity index (χ1) is 13.8. The highest BCUT2D eigenvalue weighted by atomic mass is 32.2. The lowest BCUT2D eigenvalue weighted by atomic mass is 10.1. The molecule has 2 heterocycles. The standard InChI is InChI=1S/C20H19N3O5S/c1-13-15-5-2-3-6-16(15)20(26)22(13)12-19(25)21-17-11-14(7-8-18(17)24)23-9-4-10-29(23,27)28/h2-3,5-8,11,24H,1,4,9-10,12H2,(H,21,25). The maximum Gasteiger partial charge on any atom is 0.259 e. The van der Waals surface area contributed by atoms with E-state index in [1.807, 2.05) is 0 Å². The summed E-state index contributed by atoms with van der Waals surface area (Å²) < 4.78 is 25.5. The van der Waals surface area contributed by atoms with Crippen molar-refractivity contribution in [2.24, 2.45) is 0 Å². The van der Waals surface area contributed by atoms with E-state index in [2.05, 4.69) is 11.9 Å². The Morgan fingerprint density at radius 3 is 2.55 bits per heavy atom. The quantitative estimate of drug-likeness (QED) is 0.746. The second-order valence-corrected chi connectivity index (χ2v) is 8.89. The fourth-order valence-corrected chi connectivity index (χ4v) is 5.10. The summed E-state index contributed by atoms with van der Waals surface area (Å²) in [7, 11) is -3.39. The molecule has 0 bridgehead atoms. The molecule has 2 aliphatic rings. The molecule has 0 spiro atoms. The Labute approximate surface area is 168 Å². The van der Waals surface area contributed by atoms with Gasteiger partial charge in [0.15, 0.2) is 0 Å². The number of nitrogens with zero attached hydrogens (tertiary/aromatic N) is 2. The number of hydrogen-bond donors (Lipinski definition) is 2. The van der Waals surface area contributed by atoms with Crippen LogP contribution in [0.4, 0.5) is 11.4 Å². The van der Waals surface area contributed by atoms with Crippen LogP contribution in [0.3, 0.4) is 0 Å². The second-order valence-electron chi connectivity index (χ2n) is 6.87. The number of amides is 2. The number of anilines is 2. The van der Waals surface area contributed by atoms with Crippen molar-refractivity contribution in [2.45, 2.75) is 6.42 Å². The van der Waals surface area contributed by atoms with Gasteiger partial charge >= 0.3 is 0 Å². The van der Waals surface area contributed by atoms with Gasteiger partial charge in [-0.25, -0.2) is 8.42 Å². The van der Waals surface area contributed by atoms with Crippen molar-refractivity contribution in [1.82, 2.24) is 4.90 Å². The molecule has 29 heavy (non-hydrogen) atoms. The molecule has 2 N–H and O–H groups in total. The number of phenols is 1. The van der Waals surface area contributed by atoms with Gasteiger partial charge in [0.25, 0.3) is 5.91 Å². The van der Waals surface area contributed by atoms with Crippen molar-refractivity contribution in [1.29, 1.82) is 0 Å². The molecule has 0 aliphatic carbocycles. The third-order valence-electron chi connectivity index (χ3n) is 4.98. The molecule has 2 aliphatic heterocycles. The molecule has 0 atom stereocenters. The molecule has 150 valence electrons. The summed E-state index contributed by atoms with van der Waals surface area (Å²) in [5, 5.41) is 12.6. The fourth-order valence-electron chi connectivity index (χ4n) is 3.54. The highest BCUT2D eigenvalue weighted by molar-refractivity contribution is 7.93. The average Bonchev–Trinajstić information content (AvgIpc) is 3.16. The third-order valence-corrected chi connectivity index (χ3v) is 6.85. The van der Waals surface area contributed by atoms with E-state index in [1.54, 1.807) is 24.3 Å². The van der Waals surface area contributed by atoms with Crippen LogP contribution in [0.1, 0.15) is 22.3 Å². The van der Waals surface area contributed by atoms with Crippen molar-refractivity contribution >= 4 is 38.9 Å². The molecule has 4 rings (SSSR count). The fraction of sp³-hybridized carbons (Fsp3) is 0.200. The predicted octanol–water partition coefficient (Wildman–Crippen LogP) is 2.00. The van der Waals surface area contributed by atoms with Gasteiger partial charge in [0, 0.05) is 23.4 Å². The molecule has 2 amide bonds. The highest BCUT2D eigenvalue weighted by Crippen LogP contribution is 2.33. The normalized spacial score (nSPS) is 17.5. The van der Waals surface area contributed by atoms with E-state index < -0.39 is 15.9 Å². The molecule has 0 unspecified atom stereocenters. The molecule has 1 saturated heterocycles. The van der Waals surface area contributed by atoms with Crippen molar-refractivity contribution in [3.63, 3.8) is 0 Å². The summed E-state index contributed by atoms with van der Waals surface area (Å²) in [6, 6.07) is 11.2. The van der Waals surface area contributed by atoms with Crippen molar-refractivity contribution < 1.29 is 23.1 Å². The predicted molar refractivity (Wildman–Crippen MR) is 109 cm³/mol. The van der Waals surface area contributed by atoms with E-state index in [4.69, 9.17) is 0 Å². The zero-order chi connectivity index (χ0) is 20.8. The van der Waals surface area contributed by atoms with E-state index in [9.17, 15) is 23.1 Å². The van der Waals surface area contributed by atoms with Gasteiger partial charge in [-0.1, -0.05) is 24.8 Å². The number of sulfonamides is 1. The Morgan fingerprint density at radius 1 is 1.17 bits per heavy atom. The van der Waals surface area contributed by atoms with Crippen LogP contribution in [-0.4, -0.2) is 49.1 Å². The Balaban J connectivity index is 1.52. The van der Waals surface area contributed by atoms with Crippen molar-refractivity contribution in [3.05, 3.63) is 60.2 Å². The van der Waals surface area contributed by atoms with Crippen molar-refractivity contribution in [3.8, 4) is 5.75 Å². The Kier molecular flexibility index (Phi) is 4.54. The number of phenolic OH excluding ortho intramolecular Hbond substituents is 1. The minimum atomic E-state index is -3.39. The number of fused-ring (bicyclic) bond motifs is 1. The van der Waals surface area contributed by atoms with Gasteiger partial charge in [0.05, 0.1) is 17.1 Å². The first-order valence-corrected chi connectivity index (χ1v) is 10.6. The molecular weight excluding hydrogens is 394 g/mol. The first-order valence-electron chi connectivity index (χ1n) is 9.01. The molecule has 0 radical (unpaired) electrons. The van der Waals surface area contributed by atoms with Crippen LogP contribution >= 0.6 is 0 Å². The monoisotopic (exact) mass is 413 g/mol. The van der Waals surface area contributed by atoms with E-state index in [1.165, 1.54) is 27.4 Å². The minimum absolute atomic E-state index is 0.0648. The van der Waals surface area contributed by atoms with E-state index in [0.717, 1.165) is 0 Å². The number of carbonyl (C=O) groups is 2. The number of rotatable bonds is 4. The average molecular weight is 413 g/mol. The summed E-state index contributed by atoms with van der Waals surface area (Å²) >= 11 is 0. The van der Waals surface area contributed by atoms with Crippen LogP contribution in [0.5, 0.6) is 5.75 Å². The van der Waals surface area contributed by atoms with Gasteiger partial charge in [-0.3, -0.25) is 18.8 Å². The summed E-state index contributed by atoms with van der Waals surface area (Å²) in [6.45, 7) is 3.96. The zero-order valence-corrected chi connectivity index (χ0v) is 16.3. The molecule has 2 aromatic rings. The van der Waals surface area contributed by atoms with Gasteiger partial charge in [-0.05, 0) is 30.7 Å². The third kappa shape index (κ3) is 3.33. The second kappa shape index (κ2) is 6.93. The number of benzene rings is 2. The highest BCUT2D eigenvalue weighted by Gasteiger charge is 2.32. The number of aromatic hydroxyl groups is 1. The van der Waals surface area contributed by atoms with Gasteiger partial charge < -0.3 is 10.4 Å². The van der Waals surface area contributed by atoms with E-state index in [-0.39, 0.29) is 29.6 Å². The van der Waals surface area contributed by atoms with E-state index >= 15 is 0 Å². The molecule has 0 saturated carbocycles. The Hall–Kier alpha value is -3.33. The minimum Gasteiger partial charge on any atom is -0.506 e. The first kappa shape index (κ1) is 19.0. The molecule has 9 heteroatoms. The van der Waals surface area contributed by atoms with Gasteiger partial charge in [0.2, 0.25) is 15.9 Å². The smallest absolute Gasteiger partial charge is 0.259 e. The van der Waals surface area contributed by atoms with Crippen LogP contribution in [0.2, 0.25) is 0 Å². The van der Waals surface area contributed by atoms with Crippen LogP contribution in [0, 0.1) is 0 Å². The number of carbonyl (C=O) groups excluding carboxylic acids is 2. The van der Waals surface area contributed by atoms with Crippen LogP contribution in [-0.2, 0) is 14.8 Å². The molecular formula is C20H19N3O5S. The lowest BCUT2D eigenvalue weighted by molar-refractivity contribution is -0.116. The number of hydrogen-bond acceptors (Lipinski definition) is 5. The SMILES string of the molecule is C=C1c2ccccc2C(=O)N1CC(=O)Nc1cc(N2CCCS2(=O)=O)ccc1O. The lowest BCUT2D eigenvalue weighted by Gasteiger charge is -2.20. The van der Waals surface area contributed by atoms with Gasteiger partial charge in [-0.2, -0.15) is 0 Å². The molecule has 1 fully saturated rings. The molecule has 2 aromatic carbocycles. The van der Waals surface area contributed by atoms with Crippen LogP contribution in [0.25, 0.3) is 5.70 Å². The van der Waals surface area contributed by atoms with Crippen molar-refractivity contribution in [2.75, 3.05) is 28.5 Å². The van der Waals surface area contributed by atoms with E-state index in [0.29, 0.717) is 35.5 Å². The van der Waals surface area contributed by atoms with Gasteiger partial charge in [-0.15, -0.1) is 0 Å². The summed E-state index contributed by atoms with van der Waals surface area (Å²) in [5.74, 6) is -0.991. The van der Waals surface area contributed by atoms with Crippen LogP contribution < -0.4 is 9.62 Å². The maximum atomic E-state index is 12.5. The number of nitrogens with one attached hydrogen (secondary N) is 1. The summed E-state index contributed by atoms with van der Waals surface area (Å²) in [6.07, 6.45) is 0.518. The zero-order valence-electron chi connectivity index (χ0n) is 15.5. The maximum absolute atomic E-state index is 12.5. The Morgan fingerprint density at radius 2 is 1.90 bits per heavy atom. The molecule has 0 aromatic heterocycles. The van der Waals surface area contributed by atoms with Crippen LogP contribution in [0.15, 0.2) is 49.0 Å². The topological polar surface area (TPSA) is 107 Å². The van der Waals surface area contributed by atoms with Gasteiger partial charge in [0.1, 0.15) is 12.3 Å².